The van der Waals surface area contributed by atoms with Gasteiger partial charge in [0.25, 0.3) is 14.1 Å². The van der Waals surface area contributed by atoms with Gasteiger partial charge in [0.15, 0.2) is 11.9 Å². The van der Waals surface area contributed by atoms with Crippen LogP contribution in [0.1, 0.15) is 82.4 Å². The van der Waals surface area contributed by atoms with Crippen LogP contribution in [0.3, 0.4) is 0 Å². The van der Waals surface area contributed by atoms with Gasteiger partial charge in [-0.2, -0.15) is 0 Å². The molecule has 16 nitrogen and oxygen atoms in total. The minimum atomic E-state index is -4.45. The Labute approximate surface area is 299 Å². The number of hydrogen-bond donors (Lipinski definition) is 1. The number of aromatic amines is 1. The molecule has 0 saturated carbocycles. The van der Waals surface area contributed by atoms with Crippen LogP contribution < -0.4 is 11.2 Å². The van der Waals surface area contributed by atoms with Gasteiger partial charge in [0.05, 0.1) is 10.8 Å². The van der Waals surface area contributed by atoms with Crippen LogP contribution in [0.15, 0.2) is 33.7 Å². The highest BCUT2D eigenvalue weighted by molar-refractivity contribution is 7.57. The summed E-state index contributed by atoms with van der Waals surface area (Å²) in [6.07, 6.45) is -2.42. The first kappa shape index (κ1) is 44.4. The van der Waals surface area contributed by atoms with E-state index < -0.39 is 87.8 Å². The summed E-state index contributed by atoms with van der Waals surface area (Å²) >= 11 is 0. The fraction of sp³-hybridized carbons (Fsp3) is 0.719. The molecule has 0 radical (unpaired) electrons. The van der Waals surface area contributed by atoms with E-state index in [0.717, 1.165) is 35.6 Å². The predicted octanol–water partition coefficient (Wildman–Crippen LogP) is 5.66. The van der Waals surface area contributed by atoms with Crippen LogP contribution in [-0.2, 0) is 46.5 Å². The van der Waals surface area contributed by atoms with E-state index in [1.807, 2.05) is 32.4 Å². The van der Waals surface area contributed by atoms with E-state index in [9.17, 15) is 23.7 Å². The summed E-state index contributed by atoms with van der Waals surface area (Å²) in [5, 5.41) is 0. The van der Waals surface area contributed by atoms with E-state index >= 15 is 4.39 Å². The molecule has 0 aliphatic carbocycles. The molecule has 1 fully saturated rings. The Hall–Kier alpha value is -2.80. The second kappa shape index (κ2) is 18.3. The lowest BCUT2D eigenvalue weighted by molar-refractivity contribution is -0.161. The largest absolute Gasteiger partial charge is 0.438 e. The van der Waals surface area contributed by atoms with E-state index in [1.165, 1.54) is 0 Å². The van der Waals surface area contributed by atoms with E-state index in [2.05, 4.69) is 9.83 Å². The van der Waals surface area contributed by atoms with Crippen LogP contribution in [0.2, 0.25) is 0 Å². The fourth-order valence-corrected chi connectivity index (χ4v) is 7.36. The lowest BCUT2D eigenvalue weighted by Gasteiger charge is -2.38. The van der Waals surface area contributed by atoms with Crippen LogP contribution in [0.5, 0.6) is 0 Å². The predicted molar refractivity (Wildman–Crippen MR) is 186 cm³/mol. The average Bonchev–Trinajstić information content (AvgIpc) is 3.23. The SMILES string of the molecule is [C-]#[N+]CCOP(OC1[C@@H](/C=C/P(=O)(OCOC(=O)C(C)(C)C)OCOC(=O)C(C)(C)C)O[C@@H](n2ccc(=O)[nH]c2=O)[C@]1(C)F)N(C(C)C)C(C)C. The second-order valence-electron chi connectivity index (χ2n) is 14.4. The molecule has 1 N–H and O–H groups in total. The number of rotatable bonds is 17. The number of hydrogen-bond acceptors (Lipinski definition) is 13. The molecule has 2 rings (SSSR count). The third-order valence-corrected chi connectivity index (χ3v) is 10.7. The van der Waals surface area contributed by atoms with Gasteiger partial charge in [-0.1, -0.05) is 0 Å². The second-order valence-corrected chi connectivity index (χ2v) is 17.7. The Morgan fingerprint density at radius 3 is 2.08 bits per heavy atom. The molecule has 0 amide bonds. The first-order valence-electron chi connectivity index (χ1n) is 16.2. The third kappa shape index (κ3) is 12.7. The number of alkyl halides is 1. The van der Waals surface area contributed by atoms with Crippen molar-refractivity contribution in [2.45, 2.75) is 112 Å². The van der Waals surface area contributed by atoms with E-state index in [4.69, 9.17) is 38.9 Å². The summed E-state index contributed by atoms with van der Waals surface area (Å²) in [6, 6.07) is 0.711. The molecular weight excluding hydrogens is 713 g/mol. The number of esters is 2. The zero-order valence-electron chi connectivity index (χ0n) is 31.0. The minimum absolute atomic E-state index is 0.0104. The summed E-state index contributed by atoms with van der Waals surface area (Å²) < 4.78 is 73.1. The van der Waals surface area contributed by atoms with Gasteiger partial charge in [-0.05, 0) is 82.2 Å². The van der Waals surface area contributed by atoms with Crippen LogP contribution in [-0.4, -0.2) is 82.9 Å². The Kier molecular flexibility index (Phi) is 15.9. The molecule has 288 valence electrons. The van der Waals surface area contributed by atoms with Crippen LogP contribution in [0, 0.1) is 17.4 Å². The zero-order valence-corrected chi connectivity index (χ0v) is 32.8. The monoisotopic (exact) mass is 764 g/mol. The van der Waals surface area contributed by atoms with E-state index in [-0.39, 0.29) is 25.2 Å². The number of aromatic nitrogens is 2. The van der Waals surface area contributed by atoms with Gasteiger partial charge in [0, 0.05) is 30.2 Å². The maximum Gasteiger partial charge on any atom is 0.359 e. The maximum absolute atomic E-state index is 17.1. The molecule has 2 unspecified atom stereocenters. The zero-order chi connectivity index (χ0) is 38.9. The molecule has 0 spiro atoms. The number of carbonyl (C=O) groups is 2. The Bertz CT molecular complexity index is 1530. The number of nitrogens with one attached hydrogen (secondary N) is 1. The molecule has 1 aromatic heterocycles. The van der Waals surface area contributed by atoms with Crippen LogP contribution in [0.4, 0.5) is 4.39 Å². The molecule has 0 bridgehead atoms. The molecule has 19 heteroatoms. The van der Waals surface area contributed by atoms with Gasteiger partial charge in [-0.25, -0.2) is 20.4 Å². The van der Waals surface area contributed by atoms with Crippen molar-refractivity contribution in [2.75, 3.05) is 26.7 Å². The maximum atomic E-state index is 17.1. The highest BCUT2D eigenvalue weighted by atomic mass is 31.2. The normalized spacial score (nSPS) is 22.1. The lowest BCUT2D eigenvalue weighted by Crippen LogP contribution is -2.45. The quantitative estimate of drug-likeness (QED) is 0.0676. The number of halogens is 1. The van der Waals surface area contributed by atoms with Gasteiger partial charge in [0.1, 0.15) is 18.8 Å². The molecular formula is C32H51FN4O12P2. The van der Waals surface area contributed by atoms with Crippen molar-refractivity contribution in [3.63, 3.8) is 0 Å². The van der Waals surface area contributed by atoms with Crippen LogP contribution >= 0.6 is 16.1 Å². The Morgan fingerprint density at radius 1 is 1.10 bits per heavy atom. The Balaban J connectivity index is 2.60. The number of nitrogens with zero attached hydrogens (tertiary/aromatic N) is 3. The number of ether oxygens (including phenoxy) is 3. The average molecular weight is 765 g/mol. The van der Waals surface area contributed by atoms with E-state index in [0.29, 0.717) is 0 Å². The van der Waals surface area contributed by atoms with Gasteiger partial charge in [-0.15, -0.1) is 0 Å². The summed E-state index contributed by atoms with van der Waals surface area (Å²) in [6.45, 7) is 23.8. The van der Waals surface area contributed by atoms with Crippen molar-refractivity contribution in [1.29, 1.82) is 0 Å². The van der Waals surface area contributed by atoms with Crippen LogP contribution in [0.25, 0.3) is 4.85 Å². The molecule has 1 aromatic rings. The van der Waals surface area contributed by atoms with Crippen molar-refractivity contribution >= 4 is 28.1 Å². The summed E-state index contributed by atoms with van der Waals surface area (Å²) in [4.78, 5) is 54.6. The highest BCUT2D eigenvalue weighted by Gasteiger charge is 2.58. The summed E-state index contributed by atoms with van der Waals surface area (Å²) in [5.74, 6) is -0.417. The van der Waals surface area contributed by atoms with Crippen molar-refractivity contribution in [2.24, 2.45) is 10.8 Å². The minimum Gasteiger partial charge on any atom is -0.438 e. The lowest BCUT2D eigenvalue weighted by atomic mass is 9.98. The number of H-pyrrole nitrogens is 1. The van der Waals surface area contributed by atoms with Crippen molar-refractivity contribution in [1.82, 2.24) is 14.2 Å². The van der Waals surface area contributed by atoms with Crippen molar-refractivity contribution in [3.8, 4) is 0 Å². The molecule has 0 aromatic carbocycles. The number of carbonyl (C=O) groups excluding carboxylic acids is 2. The van der Waals surface area contributed by atoms with Crippen molar-refractivity contribution in [3.05, 3.63) is 56.4 Å². The first-order valence-corrected chi connectivity index (χ1v) is 19.0. The molecule has 1 aliphatic rings. The smallest absolute Gasteiger partial charge is 0.359 e. The first-order chi connectivity index (χ1) is 23.4. The van der Waals surface area contributed by atoms with Gasteiger partial charge in [0.2, 0.25) is 20.1 Å². The standard InChI is InChI=1S/C32H51FN4O12P2/c1-21(2)37(22(3)4)50(45-17-15-34-12)49-25-23(48-26(32(25,11)33)36-16-13-24(38)35-29(36)41)14-18-51(42,46-19-43-27(39)30(5,6)7)47-20-44-28(40)31(8,9)10/h13-14,16,18,21-23,25-26H,15,17,19-20H2,1-11H3,(H,35,38,41)/b18-14+/t23-,25?,26-,32-,50?/m1/s1. The molecule has 1 saturated heterocycles. The van der Waals surface area contributed by atoms with E-state index in [1.54, 1.807) is 41.5 Å². The third-order valence-electron chi connectivity index (χ3n) is 7.11. The summed E-state index contributed by atoms with van der Waals surface area (Å²) in [5.41, 5.74) is -6.00. The highest BCUT2D eigenvalue weighted by Crippen LogP contribution is 2.55. The molecule has 1 aliphatic heterocycles. The van der Waals surface area contributed by atoms with Gasteiger partial charge in [-0.3, -0.25) is 37.5 Å². The Morgan fingerprint density at radius 2 is 1.63 bits per heavy atom. The summed E-state index contributed by atoms with van der Waals surface area (Å²) in [7, 11) is -6.51. The van der Waals surface area contributed by atoms with Gasteiger partial charge >= 0.3 is 25.2 Å². The van der Waals surface area contributed by atoms with Crippen molar-refractivity contribution < 1.29 is 50.9 Å². The molecule has 5 atom stereocenters. The molecule has 51 heavy (non-hydrogen) atoms. The topological polar surface area (TPSA) is 178 Å². The fourth-order valence-electron chi connectivity index (χ4n) is 4.51. The van der Waals surface area contributed by atoms with Gasteiger partial charge < -0.3 is 28.1 Å². The molecule has 2 heterocycles.